The maximum atomic E-state index is 14.5. The highest BCUT2D eigenvalue weighted by Crippen LogP contribution is 2.50. The Balaban J connectivity index is 1.46. The first-order chi connectivity index (χ1) is 11.8. The van der Waals surface area contributed by atoms with Gasteiger partial charge in [-0.1, -0.05) is 17.7 Å². The normalized spacial score (nSPS) is 28.6. The summed E-state index contributed by atoms with van der Waals surface area (Å²) in [6, 6.07) is 8.03. The highest BCUT2D eigenvalue weighted by molar-refractivity contribution is 5.88. The highest BCUT2D eigenvalue weighted by atomic mass is 19.1. The molecule has 2 fully saturated rings. The number of hydrogen-bond donors (Lipinski definition) is 2. The van der Waals surface area contributed by atoms with Crippen molar-refractivity contribution in [1.82, 2.24) is 5.32 Å². The maximum Gasteiger partial charge on any atom is 0.245 e. The van der Waals surface area contributed by atoms with E-state index in [9.17, 15) is 9.18 Å². The second-order valence-corrected chi connectivity index (χ2v) is 8.73. The van der Waals surface area contributed by atoms with Crippen molar-refractivity contribution in [2.75, 3.05) is 11.9 Å². The fraction of sp³-hybridized carbons (Fsp3) is 0.667. The average molecular weight is 346 g/mol. The molecule has 3 atom stereocenters. The number of fused-ring (bicyclic) bond motifs is 2. The van der Waals surface area contributed by atoms with Crippen molar-refractivity contribution in [3.8, 4) is 0 Å². The molecule has 1 amide bonds. The van der Waals surface area contributed by atoms with Gasteiger partial charge in [0, 0.05) is 12.2 Å². The number of benzene rings is 1. The number of halogens is 1. The van der Waals surface area contributed by atoms with Crippen LogP contribution in [-0.4, -0.2) is 23.7 Å². The fourth-order valence-corrected chi connectivity index (χ4v) is 4.53. The number of alkyl halides is 1. The van der Waals surface area contributed by atoms with E-state index in [1.54, 1.807) is 0 Å². The number of aryl methyl sites for hydroxylation is 1. The van der Waals surface area contributed by atoms with E-state index in [0.29, 0.717) is 24.8 Å². The minimum atomic E-state index is -0.913. The standard InChI is InChI=1S/C21H31FN2O/c1-15-4-6-18(7-5-15)24-20(2,3)19(25)23-11-9-17-12-16-8-10-21(22,13-16)14-17/h4-7,16-17,24H,8-14H2,1-3H3,(H,23,25)/t16-,17?,21-/m0/s1. The second-order valence-electron chi connectivity index (χ2n) is 8.73. The Morgan fingerprint density at radius 2 is 2.00 bits per heavy atom. The minimum absolute atomic E-state index is 0.0122. The molecule has 0 radical (unpaired) electrons. The van der Waals surface area contributed by atoms with Gasteiger partial charge in [-0.3, -0.25) is 4.79 Å². The highest BCUT2D eigenvalue weighted by Gasteiger charge is 2.45. The third-order valence-electron chi connectivity index (χ3n) is 5.89. The van der Waals surface area contributed by atoms with Crippen molar-refractivity contribution in [2.45, 2.75) is 70.5 Å². The number of anilines is 1. The summed E-state index contributed by atoms with van der Waals surface area (Å²) in [7, 11) is 0. The van der Waals surface area contributed by atoms with Gasteiger partial charge in [-0.05, 0) is 83.3 Å². The third-order valence-corrected chi connectivity index (χ3v) is 5.89. The first-order valence-electron chi connectivity index (χ1n) is 9.58. The maximum absolute atomic E-state index is 14.5. The Kier molecular flexibility index (Phi) is 5.08. The van der Waals surface area contributed by atoms with Crippen LogP contribution in [-0.2, 0) is 4.79 Å². The number of nitrogens with one attached hydrogen (secondary N) is 2. The molecule has 2 N–H and O–H groups in total. The van der Waals surface area contributed by atoms with E-state index in [-0.39, 0.29) is 5.91 Å². The van der Waals surface area contributed by atoms with Gasteiger partial charge in [-0.2, -0.15) is 0 Å². The molecule has 1 aromatic rings. The van der Waals surface area contributed by atoms with Crippen LogP contribution in [0.5, 0.6) is 0 Å². The Morgan fingerprint density at radius 3 is 2.68 bits per heavy atom. The summed E-state index contributed by atoms with van der Waals surface area (Å²) in [6.45, 7) is 6.45. The number of hydrogen-bond acceptors (Lipinski definition) is 2. The molecule has 0 aliphatic heterocycles. The molecule has 4 heteroatoms. The number of carbonyl (C=O) groups excluding carboxylic acids is 1. The summed E-state index contributed by atoms with van der Waals surface area (Å²) in [4.78, 5) is 12.5. The summed E-state index contributed by atoms with van der Waals surface area (Å²) in [6.07, 6.45) is 5.26. The Hall–Kier alpha value is -1.58. The molecule has 25 heavy (non-hydrogen) atoms. The zero-order valence-electron chi connectivity index (χ0n) is 15.7. The zero-order chi connectivity index (χ0) is 18.1. The van der Waals surface area contributed by atoms with Crippen LogP contribution >= 0.6 is 0 Å². The molecule has 3 rings (SSSR count). The molecular weight excluding hydrogens is 315 g/mol. The molecule has 0 spiro atoms. The lowest BCUT2D eigenvalue weighted by Crippen LogP contribution is -2.48. The van der Waals surface area contributed by atoms with Crippen LogP contribution in [0, 0.1) is 18.8 Å². The van der Waals surface area contributed by atoms with Gasteiger partial charge in [-0.15, -0.1) is 0 Å². The predicted octanol–water partition coefficient (Wildman–Crippen LogP) is 4.61. The molecule has 2 aliphatic carbocycles. The smallest absolute Gasteiger partial charge is 0.245 e. The Bertz CT molecular complexity index is 613. The summed E-state index contributed by atoms with van der Waals surface area (Å²) in [5, 5.41) is 6.33. The van der Waals surface area contributed by atoms with E-state index in [1.165, 1.54) is 5.56 Å². The zero-order valence-corrected chi connectivity index (χ0v) is 15.7. The molecule has 138 valence electrons. The molecule has 1 unspecified atom stereocenters. The lowest BCUT2D eigenvalue weighted by Gasteiger charge is -2.32. The van der Waals surface area contributed by atoms with Crippen LogP contribution in [0.4, 0.5) is 10.1 Å². The largest absolute Gasteiger partial charge is 0.372 e. The molecule has 2 bridgehead atoms. The van der Waals surface area contributed by atoms with Gasteiger partial charge in [0.25, 0.3) is 0 Å². The number of amides is 1. The van der Waals surface area contributed by atoms with E-state index in [4.69, 9.17) is 0 Å². The van der Waals surface area contributed by atoms with Crippen molar-refractivity contribution < 1.29 is 9.18 Å². The summed E-state index contributed by atoms with van der Waals surface area (Å²) >= 11 is 0. The average Bonchev–Trinajstić information content (AvgIpc) is 2.82. The van der Waals surface area contributed by atoms with Crippen molar-refractivity contribution in [3.05, 3.63) is 29.8 Å². The van der Waals surface area contributed by atoms with Crippen molar-refractivity contribution in [1.29, 1.82) is 0 Å². The SMILES string of the molecule is Cc1ccc(NC(C)(C)C(=O)NCCC2C[C@@H]3CC[C@@](F)(C2)C3)cc1. The summed E-state index contributed by atoms with van der Waals surface area (Å²) in [5.74, 6) is 0.973. The van der Waals surface area contributed by atoms with Gasteiger partial charge in [0.1, 0.15) is 11.2 Å². The molecule has 0 aromatic heterocycles. The van der Waals surface area contributed by atoms with Crippen LogP contribution in [0.1, 0.15) is 57.9 Å². The lowest BCUT2D eigenvalue weighted by molar-refractivity contribution is -0.124. The van der Waals surface area contributed by atoms with Gasteiger partial charge >= 0.3 is 0 Å². The van der Waals surface area contributed by atoms with E-state index in [2.05, 4.69) is 10.6 Å². The van der Waals surface area contributed by atoms with Crippen LogP contribution in [0.3, 0.4) is 0 Å². The van der Waals surface area contributed by atoms with Crippen LogP contribution in [0.2, 0.25) is 0 Å². The number of rotatable bonds is 6. The fourth-order valence-electron chi connectivity index (χ4n) is 4.53. The minimum Gasteiger partial charge on any atom is -0.372 e. The van der Waals surface area contributed by atoms with Gasteiger partial charge in [0.2, 0.25) is 5.91 Å². The van der Waals surface area contributed by atoms with E-state index < -0.39 is 11.2 Å². The van der Waals surface area contributed by atoms with Gasteiger partial charge < -0.3 is 10.6 Å². The van der Waals surface area contributed by atoms with E-state index >= 15 is 0 Å². The molecule has 2 aliphatic rings. The lowest BCUT2D eigenvalue weighted by atomic mass is 9.78. The van der Waals surface area contributed by atoms with Gasteiger partial charge in [-0.25, -0.2) is 4.39 Å². The first-order valence-corrected chi connectivity index (χ1v) is 9.58. The topological polar surface area (TPSA) is 41.1 Å². The second kappa shape index (κ2) is 6.97. The quantitative estimate of drug-likeness (QED) is 0.790. The molecular formula is C21H31FN2O. The van der Waals surface area contributed by atoms with Gasteiger partial charge in [0.05, 0.1) is 0 Å². The third kappa shape index (κ3) is 4.53. The monoisotopic (exact) mass is 346 g/mol. The van der Waals surface area contributed by atoms with Crippen LogP contribution in [0.15, 0.2) is 24.3 Å². The van der Waals surface area contributed by atoms with Gasteiger partial charge in [0.15, 0.2) is 0 Å². The van der Waals surface area contributed by atoms with Crippen molar-refractivity contribution >= 4 is 11.6 Å². The molecule has 0 saturated heterocycles. The predicted molar refractivity (Wildman–Crippen MR) is 100 cm³/mol. The molecule has 0 heterocycles. The van der Waals surface area contributed by atoms with Crippen molar-refractivity contribution in [2.24, 2.45) is 11.8 Å². The Morgan fingerprint density at radius 1 is 1.28 bits per heavy atom. The molecule has 3 nitrogen and oxygen atoms in total. The summed E-state index contributed by atoms with van der Waals surface area (Å²) in [5.41, 5.74) is 0.542. The number of carbonyl (C=O) groups is 1. The summed E-state index contributed by atoms with van der Waals surface area (Å²) < 4.78 is 14.5. The first kappa shape index (κ1) is 18.2. The Labute approximate surface area is 150 Å². The molecule has 1 aromatic carbocycles. The van der Waals surface area contributed by atoms with Crippen LogP contribution in [0.25, 0.3) is 0 Å². The van der Waals surface area contributed by atoms with E-state index in [0.717, 1.165) is 37.8 Å². The van der Waals surface area contributed by atoms with Crippen LogP contribution < -0.4 is 10.6 Å². The van der Waals surface area contributed by atoms with Crippen molar-refractivity contribution in [3.63, 3.8) is 0 Å². The molecule has 2 saturated carbocycles. The van der Waals surface area contributed by atoms with E-state index in [1.807, 2.05) is 45.0 Å².